The lowest BCUT2D eigenvalue weighted by molar-refractivity contribution is -0.116. The topological polar surface area (TPSA) is 84.9 Å². The number of benzene rings is 1. The quantitative estimate of drug-likeness (QED) is 0.691. The summed E-state index contributed by atoms with van der Waals surface area (Å²) in [5.74, 6) is 1.00. The van der Waals surface area contributed by atoms with Crippen molar-refractivity contribution in [2.75, 3.05) is 31.6 Å². The Bertz CT molecular complexity index is 797. The molecule has 0 bridgehead atoms. The number of nitrogens with zero attached hydrogens (tertiary/aromatic N) is 1. The molecule has 1 saturated carbocycles. The maximum Gasteiger partial charge on any atom is 0.243 e. The van der Waals surface area contributed by atoms with Gasteiger partial charge in [0.2, 0.25) is 15.9 Å². The van der Waals surface area contributed by atoms with Gasteiger partial charge in [-0.15, -0.1) is 0 Å². The van der Waals surface area contributed by atoms with E-state index < -0.39 is 10.0 Å². The van der Waals surface area contributed by atoms with Crippen LogP contribution in [-0.4, -0.2) is 51.0 Å². The molecule has 162 valence electrons. The minimum atomic E-state index is -3.64. The zero-order valence-electron chi connectivity index (χ0n) is 17.4. The van der Waals surface area contributed by atoms with Crippen molar-refractivity contribution in [3.05, 3.63) is 18.2 Å². The largest absolute Gasteiger partial charge is 0.489 e. The third kappa shape index (κ3) is 5.93. The third-order valence-corrected chi connectivity index (χ3v) is 7.34. The number of morpholine rings is 1. The number of rotatable bonds is 8. The minimum absolute atomic E-state index is 0.0918. The van der Waals surface area contributed by atoms with Gasteiger partial charge >= 0.3 is 0 Å². The SMILES string of the molecule is CC(C)Oc1ccc(S(=O)(=O)N2CCOCC2)cc1NC(=O)CCC1CCCC1. The number of ether oxygens (including phenoxy) is 2. The Kier molecular flexibility index (Phi) is 7.54. The Morgan fingerprint density at radius 1 is 1.24 bits per heavy atom. The summed E-state index contributed by atoms with van der Waals surface area (Å²) in [7, 11) is -3.64. The minimum Gasteiger partial charge on any atom is -0.489 e. The molecule has 1 heterocycles. The van der Waals surface area contributed by atoms with Crippen LogP contribution < -0.4 is 10.1 Å². The molecule has 29 heavy (non-hydrogen) atoms. The molecule has 1 amide bonds. The van der Waals surface area contributed by atoms with Crippen LogP contribution in [-0.2, 0) is 19.6 Å². The number of nitrogens with one attached hydrogen (secondary N) is 1. The molecule has 0 unspecified atom stereocenters. The molecule has 1 aromatic rings. The highest BCUT2D eigenvalue weighted by atomic mass is 32.2. The fourth-order valence-corrected chi connectivity index (χ4v) is 5.34. The summed E-state index contributed by atoms with van der Waals surface area (Å²) in [5, 5.41) is 2.88. The van der Waals surface area contributed by atoms with Crippen LogP contribution >= 0.6 is 0 Å². The Labute approximate surface area is 173 Å². The molecule has 8 heteroatoms. The summed E-state index contributed by atoms with van der Waals surface area (Å²) in [6.07, 6.45) is 6.11. The van der Waals surface area contributed by atoms with Gasteiger partial charge < -0.3 is 14.8 Å². The van der Waals surface area contributed by atoms with Crippen LogP contribution in [0.2, 0.25) is 0 Å². The molecule has 1 aromatic carbocycles. The van der Waals surface area contributed by atoms with Gasteiger partial charge in [-0.2, -0.15) is 4.31 Å². The fraction of sp³-hybridized carbons (Fsp3) is 0.667. The first kappa shape index (κ1) is 22.1. The van der Waals surface area contributed by atoms with Gasteiger partial charge in [-0.3, -0.25) is 4.79 Å². The second-order valence-corrected chi connectivity index (χ2v) is 10.0. The maximum atomic E-state index is 13.0. The van der Waals surface area contributed by atoms with Crippen LogP contribution in [0.25, 0.3) is 0 Å². The van der Waals surface area contributed by atoms with Crippen molar-refractivity contribution in [3.8, 4) is 5.75 Å². The van der Waals surface area contributed by atoms with Crippen LogP contribution in [0, 0.1) is 5.92 Å². The van der Waals surface area contributed by atoms with Gasteiger partial charge in [-0.1, -0.05) is 25.7 Å². The van der Waals surface area contributed by atoms with Crippen LogP contribution in [0.15, 0.2) is 23.1 Å². The Balaban J connectivity index is 1.76. The third-order valence-electron chi connectivity index (χ3n) is 5.45. The molecule has 1 aliphatic carbocycles. The van der Waals surface area contributed by atoms with Gasteiger partial charge in [0.05, 0.1) is 29.9 Å². The highest BCUT2D eigenvalue weighted by molar-refractivity contribution is 7.89. The molecule has 1 saturated heterocycles. The van der Waals surface area contributed by atoms with E-state index in [1.807, 2.05) is 13.8 Å². The number of carbonyl (C=O) groups is 1. The van der Waals surface area contributed by atoms with Gasteiger partial charge in [0.15, 0.2) is 0 Å². The van der Waals surface area contributed by atoms with Crippen molar-refractivity contribution in [2.24, 2.45) is 5.92 Å². The number of carbonyl (C=O) groups excluding carboxylic acids is 1. The summed E-state index contributed by atoms with van der Waals surface area (Å²) in [6, 6.07) is 4.67. The smallest absolute Gasteiger partial charge is 0.243 e. The standard InChI is InChI=1S/C21H32N2O5S/c1-16(2)28-20-9-8-18(29(25,26)23-11-13-27-14-12-23)15-19(20)22-21(24)10-7-17-5-3-4-6-17/h8-9,15-17H,3-7,10-14H2,1-2H3,(H,22,24). The number of hydrogen-bond acceptors (Lipinski definition) is 5. The molecule has 0 spiro atoms. The van der Waals surface area contributed by atoms with E-state index in [0.29, 0.717) is 50.1 Å². The van der Waals surface area contributed by atoms with Crippen LogP contribution in [0.5, 0.6) is 5.75 Å². The molecule has 0 radical (unpaired) electrons. The zero-order chi connectivity index (χ0) is 20.9. The van der Waals surface area contributed by atoms with Crippen molar-refractivity contribution < 1.29 is 22.7 Å². The highest BCUT2D eigenvalue weighted by Gasteiger charge is 2.27. The average Bonchev–Trinajstić information content (AvgIpc) is 3.21. The summed E-state index contributed by atoms with van der Waals surface area (Å²) in [5.41, 5.74) is 0.407. The molecule has 2 aliphatic rings. The maximum absolute atomic E-state index is 13.0. The Morgan fingerprint density at radius 2 is 1.93 bits per heavy atom. The number of amides is 1. The molecule has 2 fully saturated rings. The lowest BCUT2D eigenvalue weighted by atomic mass is 10.0. The van der Waals surface area contributed by atoms with Gasteiger partial charge in [0.25, 0.3) is 0 Å². The van der Waals surface area contributed by atoms with Crippen LogP contribution in [0.3, 0.4) is 0 Å². The van der Waals surface area contributed by atoms with Crippen molar-refractivity contribution in [3.63, 3.8) is 0 Å². The first-order valence-electron chi connectivity index (χ1n) is 10.5. The lowest BCUT2D eigenvalue weighted by Crippen LogP contribution is -2.40. The van der Waals surface area contributed by atoms with Gasteiger partial charge in [0, 0.05) is 19.5 Å². The summed E-state index contributed by atoms with van der Waals surface area (Å²) in [6.45, 7) is 5.22. The molecule has 0 aromatic heterocycles. The first-order chi connectivity index (χ1) is 13.9. The first-order valence-corrected chi connectivity index (χ1v) is 12.0. The number of sulfonamides is 1. The molecule has 1 N–H and O–H groups in total. The van der Waals surface area contributed by atoms with Crippen LogP contribution in [0.4, 0.5) is 5.69 Å². The second-order valence-electron chi connectivity index (χ2n) is 8.08. The van der Waals surface area contributed by atoms with Crippen molar-refractivity contribution in [1.82, 2.24) is 4.31 Å². The van der Waals surface area contributed by atoms with Gasteiger partial charge in [-0.05, 0) is 44.4 Å². The van der Waals surface area contributed by atoms with Crippen molar-refractivity contribution in [1.29, 1.82) is 0 Å². The van der Waals surface area contributed by atoms with Crippen molar-refractivity contribution >= 4 is 21.6 Å². The summed E-state index contributed by atoms with van der Waals surface area (Å²) < 4.78 is 38.4. The molecule has 1 aliphatic heterocycles. The lowest BCUT2D eigenvalue weighted by Gasteiger charge is -2.26. The van der Waals surface area contributed by atoms with Gasteiger partial charge in [0.1, 0.15) is 5.75 Å². The molecule has 0 atom stereocenters. The second kappa shape index (κ2) is 9.91. The van der Waals surface area contributed by atoms with E-state index in [-0.39, 0.29) is 16.9 Å². The van der Waals surface area contributed by atoms with E-state index in [9.17, 15) is 13.2 Å². The monoisotopic (exact) mass is 424 g/mol. The molecular formula is C21H32N2O5S. The van der Waals surface area contributed by atoms with E-state index in [2.05, 4.69) is 5.32 Å². The molecule has 7 nitrogen and oxygen atoms in total. The molecule has 3 rings (SSSR count). The van der Waals surface area contributed by atoms with Gasteiger partial charge in [-0.25, -0.2) is 8.42 Å². The van der Waals surface area contributed by atoms with E-state index in [0.717, 1.165) is 6.42 Å². The van der Waals surface area contributed by atoms with E-state index in [1.54, 1.807) is 6.07 Å². The van der Waals surface area contributed by atoms with Crippen LogP contribution in [0.1, 0.15) is 52.4 Å². The Morgan fingerprint density at radius 3 is 2.59 bits per heavy atom. The molecular weight excluding hydrogens is 392 g/mol. The summed E-state index contributed by atoms with van der Waals surface area (Å²) >= 11 is 0. The highest BCUT2D eigenvalue weighted by Crippen LogP contribution is 2.32. The Hall–Kier alpha value is -1.64. The summed E-state index contributed by atoms with van der Waals surface area (Å²) in [4.78, 5) is 12.7. The van der Waals surface area contributed by atoms with E-state index >= 15 is 0 Å². The number of hydrogen-bond donors (Lipinski definition) is 1. The normalized spacial score (nSPS) is 18.9. The predicted molar refractivity (Wildman–Crippen MR) is 112 cm³/mol. The number of anilines is 1. The predicted octanol–water partition coefficient (Wildman–Crippen LogP) is 3.40. The van der Waals surface area contributed by atoms with Crippen molar-refractivity contribution in [2.45, 2.75) is 63.4 Å². The van der Waals surface area contributed by atoms with E-state index in [4.69, 9.17) is 9.47 Å². The van der Waals surface area contributed by atoms with E-state index in [1.165, 1.54) is 42.1 Å². The average molecular weight is 425 g/mol. The fourth-order valence-electron chi connectivity index (χ4n) is 3.91. The zero-order valence-corrected chi connectivity index (χ0v) is 18.2.